The first-order valence-electron chi connectivity index (χ1n) is 8.67. The molecule has 0 amide bonds. The van der Waals surface area contributed by atoms with Gasteiger partial charge in [0.15, 0.2) is 5.78 Å². The maximum atomic E-state index is 13.2. The molecule has 1 N–H and O–H groups in total. The second-order valence-corrected chi connectivity index (χ2v) is 7.61. The van der Waals surface area contributed by atoms with Crippen molar-refractivity contribution in [1.29, 1.82) is 0 Å². The SMILES string of the molecule is COC(=O)C1=C(C)NC2=C(C(=O)C(C)(C)CC2)C1c1cccc(C)c1. The molecule has 4 nitrogen and oxygen atoms in total. The van der Waals surface area contributed by atoms with Crippen molar-refractivity contribution in [2.75, 3.05) is 7.11 Å². The third-order valence-electron chi connectivity index (χ3n) is 5.28. The summed E-state index contributed by atoms with van der Waals surface area (Å²) in [6, 6.07) is 8.01. The van der Waals surface area contributed by atoms with E-state index in [0.717, 1.165) is 35.4 Å². The molecule has 1 unspecified atom stereocenters. The van der Waals surface area contributed by atoms with Crippen molar-refractivity contribution in [2.24, 2.45) is 5.41 Å². The summed E-state index contributed by atoms with van der Waals surface area (Å²) in [5.74, 6) is -0.656. The number of carbonyl (C=O) groups excluding carboxylic acids is 2. The summed E-state index contributed by atoms with van der Waals surface area (Å²) in [6.45, 7) is 7.86. The Bertz CT molecular complexity index is 814. The zero-order valence-corrected chi connectivity index (χ0v) is 15.5. The summed E-state index contributed by atoms with van der Waals surface area (Å²) >= 11 is 0. The van der Waals surface area contributed by atoms with Crippen LogP contribution in [-0.4, -0.2) is 18.9 Å². The molecule has 1 aliphatic carbocycles. The molecule has 0 fully saturated rings. The van der Waals surface area contributed by atoms with E-state index in [0.29, 0.717) is 11.1 Å². The number of methoxy groups -OCH3 is 1. The monoisotopic (exact) mass is 339 g/mol. The van der Waals surface area contributed by atoms with Gasteiger partial charge < -0.3 is 10.1 Å². The lowest BCUT2D eigenvalue weighted by Gasteiger charge is -2.39. The minimum atomic E-state index is -0.422. The zero-order chi connectivity index (χ0) is 18.4. The molecule has 0 saturated carbocycles. The predicted molar refractivity (Wildman–Crippen MR) is 96.8 cm³/mol. The zero-order valence-electron chi connectivity index (χ0n) is 15.5. The summed E-state index contributed by atoms with van der Waals surface area (Å²) in [5.41, 5.74) is 4.59. The largest absolute Gasteiger partial charge is 0.466 e. The second-order valence-electron chi connectivity index (χ2n) is 7.61. The number of benzene rings is 1. The average molecular weight is 339 g/mol. The highest BCUT2D eigenvalue weighted by Crippen LogP contribution is 2.46. The molecule has 0 radical (unpaired) electrons. The van der Waals surface area contributed by atoms with Crippen LogP contribution in [0.25, 0.3) is 0 Å². The van der Waals surface area contributed by atoms with Crippen molar-refractivity contribution in [1.82, 2.24) is 5.32 Å². The third kappa shape index (κ3) is 2.90. The van der Waals surface area contributed by atoms with E-state index in [-0.39, 0.29) is 17.7 Å². The molecule has 1 aliphatic heterocycles. The van der Waals surface area contributed by atoms with Crippen LogP contribution in [0.5, 0.6) is 0 Å². The predicted octanol–water partition coefficient (Wildman–Crippen LogP) is 3.77. The Labute approximate surface area is 149 Å². The van der Waals surface area contributed by atoms with E-state index in [1.54, 1.807) is 0 Å². The van der Waals surface area contributed by atoms with Crippen molar-refractivity contribution in [2.45, 2.75) is 46.5 Å². The normalized spacial score (nSPS) is 22.4. The summed E-state index contributed by atoms with van der Waals surface area (Å²) in [6.07, 6.45) is 1.61. The van der Waals surface area contributed by atoms with E-state index < -0.39 is 5.41 Å². The number of nitrogens with one attached hydrogen (secondary N) is 1. The Hall–Kier alpha value is -2.36. The lowest BCUT2D eigenvalue weighted by atomic mass is 9.67. The lowest BCUT2D eigenvalue weighted by Crippen LogP contribution is -2.40. The number of rotatable bonds is 2. The van der Waals surface area contributed by atoms with Crippen LogP contribution in [0.3, 0.4) is 0 Å². The number of allylic oxidation sites excluding steroid dienone is 3. The number of carbonyl (C=O) groups is 2. The van der Waals surface area contributed by atoms with Crippen molar-refractivity contribution in [3.05, 3.63) is 57.9 Å². The fraction of sp³-hybridized carbons (Fsp3) is 0.429. The van der Waals surface area contributed by atoms with Crippen molar-refractivity contribution >= 4 is 11.8 Å². The average Bonchev–Trinajstić information content (AvgIpc) is 2.57. The van der Waals surface area contributed by atoms with Gasteiger partial charge in [-0.2, -0.15) is 0 Å². The number of esters is 1. The van der Waals surface area contributed by atoms with Crippen LogP contribution in [0.1, 0.15) is 50.7 Å². The maximum Gasteiger partial charge on any atom is 0.336 e. The molecule has 0 aromatic heterocycles. The molecule has 0 saturated heterocycles. The number of Topliss-reactive ketones (excluding diaryl/α,β-unsaturated/α-hetero) is 1. The Morgan fingerprint density at radius 1 is 1.28 bits per heavy atom. The molecule has 0 bridgehead atoms. The number of hydrogen-bond donors (Lipinski definition) is 1. The van der Waals surface area contributed by atoms with E-state index in [1.807, 2.05) is 52.0 Å². The van der Waals surface area contributed by atoms with Crippen LogP contribution in [0.2, 0.25) is 0 Å². The van der Waals surface area contributed by atoms with Gasteiger partial charge in [0.05, 0.1) is 12.7 Å². The first-order valence-corrected chi connectivity index (χ1v) is 8.67. The highest BCUT2D eigenvalue weighted by atomic mass is 16.5. The van der Waals surface area contributed by atoms with Crippen molar-refractivity contribution in [3.8, 4) is 0 Å². The number of ketones is 1. The van der Waals surface area contributed by atoms with Gasteiger partial charge in [-0.3, -0.25) is 4.79 Å². The minimum Gasteiger partial charge on any atom is -0.466 e. The summed E-state index contributed by atoms with van der Waals surface area (Å²) < 4.78 is 5.04. The highest BCUT2D eigenvalue weighted by Gasteiger charge is 2.44. The van der Waals surface area contributed by atoms with E-state index >= 15 is 0 Å². The fourth-order valence-corrected chi connectivity index (χ4v) is 3.84. The number of aryl methyl sites for hydroxylation is 1. The number of hydrogen-bond acceptors (Lipinski definition) is 4. The van der Waals surface area contributed by atoms with Gasteiger partial charge in [0.1, 0.15) is 0 Å². The van der Waals surface area contributed by atoms with Crippen molar-refractivity contribution in [3.63, 3.8) is 0 Å². The molecule has 4 heteroatoms. The molecule has 25 heavy (non-hydrogen) atoms. The first-order chi connectivity index (χ1) is 11.8. The molecule has 2 aliphatic rings. The van der Waals surface area contributed by atoms with Crippen LogP contribution in [0, 0.1) is 12.3 Å². The van der Waals surface area contributed by atoms with Gasteiger partial charge in [0.25, 0.3) is 0 Å². The van der Waals surface area contributed by atoms with Gasteiger partial charge in [-0.15, -0.1) is 0 Å². The summed E-state index contributed by atoms with van der Waals surface area (Å²) in [5, 5.41) is 3.30. The molecule has 132 valence electrons. The standard InChI is InChI=1S/C21H25NO3/c1-12-7-6-8-14(11-12)17-16(20(24)25-5)13(2)22-15-9-10-21(3,4)19(23)18(15)17/h6-8,11,17,22H,9-10H2,1-5H3. The third-order valence-corrected chi connectivity index (χ3v) is 5.28. The van der Waals surface area contributed by atoms with E-state index in [1.165, 1.54) is 7.11 Å². The molecule has 3 rings (SSSR count). The van der Waals surface area contributed by atoms with Gasteiger partial charge in [0.2, 0.25) is 0 Å². The van der Waals surface area contributed by atoms with Gasteiger partial charge in [-0.1, -0.05) is 43.7 Å². The smallest absolute Gasteiger partial charge is 0.336 e. The Balaban J connectivity index is 2.23. The van der Waals surface area contributed by atoms with Crippen LogP contribution in [-0.2, 0) is 14.3 Å². The molecular formula is C21H25NO3. The Kier molecular flexibility index (Phi) is 4.31. The molecule has 1 aromatic rings. The minimum absolute atomic E-state index is 0.113. The molecule has 0 spiro atoms. The Morgan fingerprint density at radius 2 is 2.00 bits per heavy atom. The number of ether oxygens (including phenoxy) is 1. The lowest BCUT2D eigenvalue weighted by molar-refractivity contribution is -0.136. The number of dihydropyridines is 1. The Morgan fingerprint density at radius 3 is 2.64 bits per heavy atom. The van der Waals surface area contributed by atoms with Crippen LogP contribution >= 0.6 is 0 Å². The topological polar surface area (TPSA) is 55.4 Å². The molecular weight excluding hydrogens is 314 g/mol. The van der Waals surface area contributed by atoms with Crippen molar-refractivity contribution < 1.29 is 14.3 Å². The van der Waals surface area contributed by atoms with E-state index in [9.17, 15) is 9.59 Å². The van der Waals surface area contributed by atoms with Gasteiger partial charge in [0, 0.05) is 28.3 Å². The molecule has 1 heterocycles. The van der Waals surface area contributed by atoms with Gasteiger partial charge in [-0.05, 0) is 32.3 Å². The molecule has 1 atom stereocenters. The quantitative estimate of drug-likeness (QED) is 0.833. The second kappa shape index (κ2) is 6.17. The molecule has 1 aromatic carbocycles. The maximum absolute atomic E-state index is 13.2. The summed E-state index contributed by atoms with van der Waals surface area (Å²) in [4.78, 5) is 25.8. The fourth-order valence-electron chi connectivity index (χ4n) is 3.84. The van der Waals surface area contributed by atoms with Crippen LogP contribution < -0.4 is 5.32 Å². The van der Waals surface area contributed by atoms with Gasteiger partial charge >= 0.3 is 5.97 Å². The van der Waals surface area contributed by atoms with E-state index in [2.05, 4.69) is 5.32 Å². The van der Waals surface area contributed by atoms with Crippen LogP contribution in [0.4, 0.5) is 0 Å². The summed E-state index contributed by atoms with van der Waals surface area (Å²) in [7, 11) is 1.38. The van der Waals surface area contributed by atoms with E-state index in [4.69, 9.17) is 4.74 Å². The first kappa shape index (κ1) is 17.5. The highest BCUT2D eigenvalue weighted by molar-refractivity contribution is 6.06. The van der Waals surface area contributed by atoms with Gasteiger partial charge in [-0.25, -0.2) is 4.79 Å². The van der Waals surface area contributed by atoms with Crippen LogP contribution in [0.15, 0.2) is 46.8 Å².